The number of sulfonamides is 1. The van der Waals surface area contributed by atoms with E-state index in [-0.39, 0.29) is 24.6 Å². The van der Waals surface area contributed by atoms with E-state index in [0.29, 0.717) is 22.2 Å². The number of rotatable bonds is 13. The van der Waals surface area contributed by atoms with E-state index >= 15 is 0 Å². The maximum absolute atomic E-state index is 14.1. The van der Waals surface area contributed by atoms with Gasteiger partial charge in [-0.15, -0.1) is 0 Å². The molecule has 40 heavy (non-hydrogen) atoms. The van der Waals surface area contributed by atoms with Gasteiger partial charge in [-0.3, -0.25) is 13.9 Å². The Bertz CT molecular complexity index is 1420. The topological polar surface area (TPSA) is 86.8 Å². The zero-order valence-electron chi connectivity index (χ0n) is 22.9. The molecule has 0 spiro atoms. The number of unbranched alkanes of at least 4 members (excludes halogenated alkanes) is 1. The maximum atomic E-state index is 14.1. The van der Waals surface area contributed by atoms with Crippen molar-refractivity contribution in [2.45, 2.75) is 45.7 Å². The van der Waals surface area contributed by atoms with Gasteiger partial charge in [-0.05, 0) is 48.2 Å². The number of carbonyl (C=O) groups is 2. The highest BCUT2D eigenvalue weighted by Crippen LogP contribution is 2.26. The van der Waals surface area contributed by atoms with Gasteiger partial charge in [-0.25, -0.2) is 8.42 Å². The molecule has 1 atom stereocenters. The second-order valence-electron chi connectivity index (χ2n) is 9.67. The first-order valence-corrected chi connectivity index (χ1v) is 15.7. The molecule has 214 valence electrons. The maximum Gasteiger partial charge on any atom is 0.244 e. The molecule has 2 amide bonds. The molecule has 0 heterocycles. The normalized spacial score (nSPS) is 12.0. The molecule has 3 rings (SSSR count). The van der Waals surface area contributed by atoms with Crippen LogP contribution in [0.4, 0.5) is 5.69 Å². The lowest BCUT2D eigenvalue weighted by Gasteiger charge is -2.33. The van der Waals surface area contributed by atoms with Crippen LogP contribution in [-0.2, 0) is 32.6 Å². The van der Waals surface area contributed by atoms with E-state index < -0.39 is 28.5 Å². The van der Waals surface area contributed by atoms with E-state index in [1.807, 2.05) is 37.3 Å². The monoisotopic (exact) mass is 603 g/mol. The SMILES string of the molecule is CCCCNC(=O)[C@@H](Cc1ccccc1)N(Cc1ccccc1Cl)C(=O)CN(c1ccc(C)c(Cl)c1)S(C)(=O)=O. The third-order valence-electron chi connectivity index (χ3n) is 6.52. The van der Waals surface area contributed by atoms with Crippen LogP contribution >= 0.6 is 23.2 Å². The number of amides is 2. The van der Waals surface area contributed by atoms with Gasteiger partial charge in [0.15, 0.2) is 0 Å². The van der Waals surface area contributed by atoms with Crippen LogP contribution in [0.3, 0.4) is 0 Å². The molecule has 10 heteroatoms. The van der Waals surface area contributed by atoms with E-state index in [1.165, 1.54) is 11.0 Å². The molecular weight excluding hydrogens is 569 g/mol. The van der Waals surface area contributed by atoms with Crippen molar-refractivity contribution in [1.82, 2.24) is 10.2 Å². The van der Waals surface area contributed by atoms with Gasteiger partial charge in [0, 0.05) is 29.6 Å². The number of nitrogens with zero attached hydrogens (tertiary/aromatic N) is 2. The van der Waals surface area contributed by atoms with Gasteiger partial charge in [0.2, 0.25) is 21.8 Å². The average molecular weight is 605 g/mol. The Morgan fingerprint density at radius 2 is 1.62 bits per heavy atom. The number of aryl methyl sites for hydroxylation is 1. The Kier molecular flexibility index (Phi) is 11.4. The fourth-order valence-corrected chi connectivity index (χ4v) is 5.43. The van der Waals surface area contributed by atoms with Gasteiger partial charge < -0.3 is 10.2 Å². The van der Waals surface area contributed by atoms with Crippen LogP contribution in [-0.4, -0.2) is 50.5 Å². The Labute approximate surface area is 247 Å². The van der Waals surface area contributed by atoms with Crippen molar-refractivity contribution in [1.29, 1.82) is 0 Å². The largest absolute Gasteiger partial charge is 0.354 e. The fraction of sp³-hybridized carbons (Fsp3) is 0.333. The Morgan fingerprint density at radius 3 is 2.25 bits per heavy atom. The summed E-state index contributed by atoms with van der Waals surface area (Å²) in [4.78, 5) is 29.1. The minimum absolute atomic E-state index is 0.0173. The van der Waals surface area contributed by atoms with Gasteiger partial charge >= 0.3 is 0 Å². The summed E-state index contributed by atoms with van der Waals surface area (Å²) in [6, 6.07) is 20.4. The lowest BCUT2D eigenvalue weighted by molar-refractivity contribution is -0.140. The Morgan fingerprint density at radius 1 is 0.950 bits per heavy atom. The highest BCUT2D eigenvalue weighted by Gasteiger charge is 2.33. The van der Waals surface area contributed by atoms with Gasteiger partial charge in [0.05, 0.1) is 11.9 Å². The van der Waals surface area contributed by atoms with Crippen LogP contribution in [0.1, 0.15) is 36.5 Å². The molecule has 3 aromatic carbocycles. The zero-order valence-corrected chi connectivity index (χ0v) is 25.3. The zero-order chi connectivity index (χ0) is 29.3. The fourth-order valence-electron chi connectivity index (χ4n) is 4.22. The smallest absolute Gasteiger partial charge is 0.244 e. The summed E-state index contributed by atoms with van der Waals surface area (Å²) >= 11 is 12.8. The highest BCUT2D eigenvalue weighted by atomic mass is 35.5. The number of anilines is 1. The van der Waals surface area contributed by atoms with Gasteiger partial charge in [0.1, 0.15) is 12.6 Å². The van der Waals surface area contributed by atoms with Crippen LogP contribution in [0.15, 0.2) is 72.8 Å². The van der Waals surface area contributed by atoms with Crippen molar-refractivity contribution < 1.29 is 18.0 Å². The molecule has 0 unspecified atom stereocenters. The molecule has 0 saturated carbocycles. The number of hydrogen-bond acceptors (Lipinski definition) is 4. The molecule has 0 aliphatic carbocycles. The molecule has 0 aliphatic heterocycles. The van der Waals surface area contributed by atoms with Crippen LogP contribution in [0.2, 0.25) is 10.0 Å². The number of nitrogens with one attached hydrogen (secondary N) is 1. The number of hydrogen-bond donors (Lipinski definition) is 1. The summed E-state index contributed by atoms with van der Waals surface area (Å²) in [5.74, 6) is -0.865. The van der Waals surface area contributed by atoms with E-state index in [4.69, 9.17) is 23.2 Å². The van der Waals surface area contributed by atoms with E-state index in [9.17, 15) is 18.0 Å². The lowest BCUT2D eigenvalue weighted by Crippen LogP contribution is -2.53. The predicted molar refractivity (Wildman–Crippen MR) is 162 cm³/mol. The quantitative estimate of drug-likeness (QED) is 0.257. The summed E-state index contributed by atoms with van der Waals surface area (Å²) < 4.78 is 26.8. The molecule has 0 radical (unpaired) electrons. The lowest BCUT2D eigenvalue weighted by atomic mass is 10.0. The van der Waals surface area contributed by atoms with Crippen LogP contribution in [0, 0.1) is 6.92 Å². The minimum atomic E-state index is -3.88. The second-order valence-corrected chi connectivity index (χ2v) is 12.4. The van der Waals surface area contributed by atoms with Gasteiger partial charge in [-0.2, -0.15) is 0 Å². The molecule has 3 aromatic rings. The van der Waals surface area contributed by atoms with Crippen LogP contribution < -0.4 is 9.62 Å². The minimum Gasteiger partial charge on any atom is -0.354 e. The number of benzene rings is 3. The molecule has 0 fully saturated rings. The van der Waals surface area contributed by atoms with Crippen LogP contribution in [0.25, 0.3) is 0 Å². The molecule has 0 bridgehead atoms. The molecular formula is C30H35Cl2N3O4S. The summed E-state index contributed by atoms with van der Waals surface area (Å²) in [7, 11) is -3.88. The Balaban J connectivity index is 2.05. The van der Waals surface area contributed by atoms with Gasteiger partial charge in [-0.1, -0.05) is 91.1 Å². The second kappa shape index (κ2) is 14.5. The number of carbonyl (C=O) groups excluding carboxylic acids is 2. The van der Waals surface area contributed by atoms with Crippen LogP contribution in [0.5, 0.6) is 0 Å². The summed E-state index contributed by atoms with van der Waals surface area (Å²) in [5.41, 5.74) is 2.54. The van der Waals surface area contributed by atoms with Crippen molar-refractivity contribution in [2.75, 3.05) is 23.7 Å². The first-order chi connectivity index (χ1) is 19.0. The van der Waals surface area contributed by atoms with Gasteiger partial charge in [0.25, 0.3) is 0 Å². The van der Waals surface area contributed by atoms with Crippen molar-refractivity contribution in [3.05, 3.63) is 99.5 Å². The standard InChI is InChI=1S/C30H35Cl2N3O4S/c1-4-5-17-33-30(37)28(18-23-11-7-6-8-12-23)34(20-24-13-9-10-14-26(24)31)29(36)21-35(40(3,38)39)25-16-15-22(2)27(32)19-25/h6-16,19,28H,4-5,17-18,20-21H2,1-3H3,(H,33,37)/t28-/m1/s1. The predicted octanol–water partition coefficient (Wildman–Crippen LogP) is 5.62. The van der Waals surface area contributed by atoms with E-state index in [0.717, 1.165) is 34.5 Å². The average Bonchev–Trinajstić information content (AvgIpc) is 2.91. The molecule has 7 nitrogen and oxygen atoms in total. The van der Waals surface area contributed by atoms with E-state index in [2.05, 4.69) is 5.32 Å². The number of halogens is 2. The highest BCUT2D eigenvalue weighted by molar-refractivity contribution is 7.92. The van der Waals surface area contributed by atoms with Crippen molar-refractivity contribution in [3.63, 3.8) is 0 Å². The summed E-state index contributed by atoms with van der Waals surface area (Å²) in [6.07, 6.45) is 2.96. The molecule has 0 saturated heterocycles. The summed E-state index contributed by atoms with van der Waals surface area (Å²) in [6.45, 7) is 3.79. The molecule has 0 aliphatic rings. The Hall–Kier alpha value is -3.07. The third kappa shape index (κ3) is 8.71. The molecule has 1 N–H and O–H groups in total. The summed E-state index contributed by atoms with van der Waals surface area (Å²) in [5, 5.41) is 3.77. The van der Waals surface area contributed by atoms with E-state index in [1.54, 1.807) is 43.3 Å². The van der Waals surface area contributed by atoms with Crippen molar-refractivity contribution in [3.8, 4) is 0 Å². The molecule has 0 aromatic heterocycles. The van der Waals surface area contributed by atoms with Crippen molar-refractivity contribution in [2.24, 2.45) is 0 Å². The van der Waals surface area contributed by atoms with Crippen molar-refractivity contribution >= 4 is 50.7 Å². The third-order valence-corrected chi connectivity index (χ3v) is 8.44. The first-order valence-electron chi connectivity index (χ1n) is 13.1. The first kappa shape index (κ1) is 31.5.